The molecule has 0 heterocycles. The summed E-state index contributed by atoms with van der Waals surface area (Å²) in [6.45, 7) is 1.78. The summed E-state index contributed by atoms with van der Waals surface area (Å²) in [4.78, 5) is 22.6. The fraction of sp³-hybridized carbons (Fsp3) is 0.158. The minimum absolute atomic E-state index is 0.0260. The maximum absolute atomic E-state index is 12.2. The number of aliphatic carboxylic acids is 1. The molecule has 0 aliphatic heterocycles. The molecule has 0 radical (unpaired) electrons. The Kier molecular flexibility index (Phi) is 6.43. The number of hydrogen-bond acceptors (Lipinski definition) is 4. The summed E-state index contributed by atoms with van der Waals surface area (Å²) in [5.74, 6) is -1.33. The maximum Gasteiger partial charge on any atom is 0.304 e. The molecule has 0 spiro atoms. The number of nitrogens with one attached hydrogen (secondary N) is 1. The Labute approximate surface area is 152 Å². The Morgan fingerprint density at radius 3 is 2.23 bits per heavy atom. The summed E-state index contributed by atoms with van der Waals surface area (Å²) in [5, 5.41) is 8.55. The van der Waals surface area contributed by atoms with Crippen LogP contribution in [0.1, 0.15) is 27.9 Å². The number of aryl methyl sites for hydroxylation is 1. The van der Waals surface area contributed by atoms with Gasteiger partial charge in [-0.2, -0.15) is 0 Å². The third-order valence-corrected chi connectivity index (χ3v) is 5.06. The van der Waals surface area contributed by atoms with Crippen LogP contribution in [0.25, 0.3) is 6.08 Å². The Morgan fingerprint density at radius 1 is 1.04 bits per heavy atom. The molecule has 0 aromatic heterocycles. The van der Waals surface area contributed by atoms with E-state index in [4.69, 9.17) is 5.11 Å². The molecule has 2 aromatic rings. The smallest absolute Gasteiger partial charge is 0.304 e. The monoisotopic (exact) mass is 373 g/mol. The van der Waals surface area contributed by atoms with Crippen LogP contribution in [0.15, 0.2) is 59.5 Å². The fourth-order valence-corrected chi connectivity index (χ4v) is 3.15. The first-order valence-corrected chi connectivity index (χ1v) is 9.37. The number of carboxylic acid groups (broad SMARTS) is 1. The Hall–Kier alpha value is -2.77. The van der Waals surface area contributed by atoms with Gasteiger partial charge in [-0.25, -0.2) is 13.1 Å². The van der Waals surface area contributed by atoms with E-state index >= 15 is 0 Å². The van der Waals surface area contributed by atoms with E-state index in [2.05, 4.69) is 4.72 Å². The van der Waals surface area contributed by atoms with Crippen LogP contribution in [-0.4, -0.2) is 31.8 Å². The number of ketones is 1. The number of carbonyl (C=O) groups excluding carboxylic acids is 1. The van der Waals surface area contributed by atoms with Crippen molar-refractivity contribution >= 4 is 27.9 Å². The van der Waals surface area contributed by atoms with Gasteiger partial charge in [-0.15, -0.1) is 0 Å². The van der Waals surface area contributed by atoms with E-state index in [1.54, 1.807) is 6.08 Å². The minimum Gasteiger partial charge on any atom is -0.481 e. The van der Waals surface area contributed by atoms with Gasteiger partial charge in [0.25, 0.3) is 0 Å². The number of sulfonamides is 1. The average molecular weight is 373 g/mol. The average Bonchev–Trinajstić information content (AvgIpc) is 2.60. The third-order valence-electron chi connectivity index (χ3n) is 3.58. The molecule has 6 nitrogen and oxygen atoms in total. The minimum atomic E-state index is -3.80. The van der Waals surface area contributed by atoms with E-state index < -0.39 is 16.0 Å². The van der Waals surface area contributed by atoms with Crippen LogP contribution in [0.5, 0.6) is 0 Å². The molecule has 0 amide bonds. The Morgan fingerprint density at radius 2 is 1.65 bits per heavy atom. The molecule has 0 saturated carbocycles. The summed E-state index contributed by atoms with van der Waals surface area (Å²) >= 11 is 0. The van der Waals surface area contributed by atoms with Crippen molar-refractivity contribution in [1.29, 1.82) is 0 Å². The van der Waals surface area contributed by atoms with Crippen molar-refractivity contribution in [2.75, 3.05) is 6.54 Å². The molecule has 0 saturated heterocycles. The van der Waals surface area contributed by atoms with Crippen molar-refractivity contribution < 1.29 is 23.1 Å². The zero-order valence-electron chi connectivity index (χ0n) is 14.2. The first-order chi connectivity index (χ1) is 12.3. The lowest BCUT2D eigenvalue weighted by molar-refractivity contribution is -0.136. The van der Waals surface area contributed by atoms with Crippen molar-refractivity contribution in [3.8, 4) is 0 Å². The lowest BCUT2D eigenvalue weighted by atomic mass is 10.1. The largest absolute Gasteiger partial charge is 0.481 e. The normalized spacial score (nSPS) is 11.6. The lowest BCUT2D eigenvalue weighted by Crippen LogP contribution is -2.26. The second-order valence-electron chi connectivity index (χ2n) is 5.67. The Balaban J connectivity index is 2.04. The number of carboxylic acids is 1. The molecule has 2 rings (SSSR count). The van der Waals surface area contributed by atoms with Gasteiger partial charge in [-0.05, 0) is 42.8 Å². The number of allylic oxidation sites excluding steroid dienone is 1. The summed E-state index contributed by atoms with van der Waals surface area (Å²) < 4.78 is 26.3. The fourth-order valence-electron chi connectivity index (χ4n) is 2.12. The molecule has 0 atom stereocenters. The molecule has 136 valence electrons. The van der Waals surface area contributed by atoms with Crippen LogP contribution in [0.3, 0.4) is 0 Å². The molecular weight excluding hydrogens is 354 g/mol. The van der Waals surface area contributed by atoms with Crippen LogP contribution in [0.4, 0.5) is 0 Å². The first kappa shape index (κ1) is 19.6. The second-order valence-corrected chi connectivity index (χ2v) is 7.44. The summed E-state index contributed by atoms with van der Waals surface area (Å²) in [5.41, 5.74) is 2.38. The number of hydrogen-bond donors (Lipinski definition) is 2. The van der Waals surface area contributed by atoms with E-state index in [0.717, 1.165) is 11.1 Å². The van der Waals surface area contributed by atoms with E-state index in [-0.39, 0.29) is 23.6 Å². The predicted molar refractivity (Wildman–Crippen MR) is 98.4 cm³/mol. The van der Waals surface area contributed by atoms with Crippen LogP contribution in [0.2, 0.25) is 0 Å². The third kappa shape index (κ3) is 5.65. The molecule has 7 heteroatoms. The van der Waals surface area contributed by atoms with Gasteiger partial charge in [-0.1, -0.05) is 35.9 Å². The first-order valence-electron chi connectivity index (χ1n) is 7.88. The van der Waals surface area contributed by atoms with Gasteiger partial charge < -0.3 is 5.11 Å². The number of rotatable bonds is 8. The molecule has 26 heavy (non-hydrogen) atoms. The predicted octanol–water partition coefficient (Wildman–Crippen LogP) is 2.64. The molecule has 2 N–H and O–H groups in total. The lowest BCUT2D eigenvalue weighted by Gasteiger charge is -2.06. The topological polar surface area (TPSA) is 101 Å². The highest BCUT2D eigenvalue weighted by molar-refractivity contribution is 7.89. The highest BCUT2D eigenvalue weighted by Gasteiger charge is 2.14. The molecule has 0 unspecified atom stereocenters. The highest BCUT2D eigenvalue weighted by atomic mass is 32.2. The van der Waals surface area contributed by atoms with E-state index in [9.17, 15) is 18.0 Å². The van der Waals surface area contributed by atoms with Gasteiger partial charge in [0.2, 0.25) is 10.0 Å². The van der Waals surface area contributed by atoms with Gasteiger partial charge in [0.1, 0.15) is 0 Å². The van der Waals surface area contributed by atoms with Crippen LogP contribution < -0.4 is 4.72 Å². The molecule has 2 aromatic carbocycles. The number of benzene rings is 2. The highest BCUT2D eigenvalue weighted by Crippen LogP contribution is 2.12. The molecule has 0 aliphatic rings. The van der Waals surface area contributed by atoms with Crippen molar-refractivity contribution in [3.63, 3.8) is 0 Å². The van der Waals surface area contributed by atoms with Crippen LogP contribution >= 0.6 is 0 Å². The quantitative estimate of drug-likeness (QED) is 0.547. The summed E-state index contributed by atoms with van der Waals surface area (Å²) in [6.07, 6.45) is 2.82. The Bertz CT molecular complexity index is 913. The second kappa shape index (κ2) is 8.55. The maximum atomic E-state index is 12.2. The van der Waals surface area contributed by atoms with Crippen LogP contribution in [-0.2, 0) is 14.8 Å². The zero-order valence-corrected chi connectivity index (χ0v) is 15.0. The summed E-state index contributed by atoms with van der Waals surface area (Å²) in [6, 6.07) is 13.2. The van der Waals surface area contributed by atoms with E-state index in [0.29, 0.717) is 5.56 Å². The van der Waals surface area contributed by atoms with E-state index in [1.807, 2.05) is 31.2 Å². The molecule has 0 fully saturated rings. The van der Waals surface area contributed by atoms with Crippen molar-refractivity contribution in [2.45, 2.75) is 18.2 Å². The number of carbonyl (C=O) groups is 2. The molecule has 0 aliphatic carbocycles. The molecular formula is C19H19NO5S. The van der Waals surface area contributed by atoms with Gasteiger partial charge in [-0.3, -0.25) is 9.59 Å². The van der Waals surface area contributed by atoms with Crippen molar-refractivity contribution in [3.05, 3.63) is 71.3 Å². The standard InChI is InChI=1S/C19H19NO5S/c1-14-2-4-15(5-3-14)6-11-18(21)16-7-9-17(10-8-16)26(24,25)20-13-12-19(22)23/h2-11,20H,12-13H2,1H3,(H,22,23)/b11-6+. The van der Waals surface area contributed by atoms with Crippen molar-refractivity contribution in [2.24, 2.45) is 0 Å². The van der Waals surface area contributed by atoms with Gasteiger partial charge in [0.15, 0.2) is 5.78 Å². The zero-order chi connectivity index (χ0) is 19.2. The summed E-state index contributed by atoms with van der Waals surface area (Å²) in [7, 11) is -3.80. The SMILES string of the molecule is Cc1ccc(/C=C/C(=O)c2ccc(S(=O)(=O)NCCC(=O)O)cc2)cc1. The molecule has 0 bridgehead atoms. The van der Waals surface area contributed by atoms with E-state index in [1.165, 1.54) is 30.3 Å². The van der Waals surface area contributed by atoms with Crippen LogP contribution in [0, 0.1) is 6.92 Å². The van der Waals surface area contributed by atoms with Gasteiger partial charge >= 0.3 is 5.97 Å². The van der Waals surface area contributed by atoms with Crippen molar-refractivity contribution in [1.82, 2.24) is 4.72 Å². The van der Waals surface area contributed by atoms with Gasteiger partial charge in [0.05, 0.1) is 11.3 Å². The van der Waals surface area contributed by atoms with Gasteiger partial charge in [0, 0.05) is 12.1 Å².